The van der Waals surface area contributed by atoms with E-state index in [9.17, 15) is 9.59 Å². The number of hydrogen-bond donors (Lipinski definition) is 2. The number of nitrogens with one attached hydrogen (secondary N) is 2. The van der Waals surface area contributed by atoms with Crippen molar-refractivity contribution >= 4 is 23.2 Å². The predicted molar refractivity (Wildman–Crippen MR) is 76.4 cm³/mol. The molecule has 2 aromatic rings. The number of hydrogen-bond acceptors (Lipinski definition) is 4. The van der Waals surface area contributed by atoms with E-state index in [0.717, 1.165) is 4.88 Å². The molecule has 0 unspecified atom stereocenters. The number of thiophene rings is 1. The van der Waals surface area contributed by atoms with E-state index in [1.165, 1.54) is 6.26 Å². The van der Waals surface area contributed by atoms with Gasteiger partial charge in [-0.3, -0.25) is 9.59 Å². The summed E-state index contributed by atoms with van der Waals surface area (Å²) in [5, 5.41) is 7.52. The lowest BCUT2D eigenvalue weighted by Crippen LogP contribution is -2.27. The van der Waals surface area contributed by atoms with Crippen LogP contribution in [0.3, 0.4) is 0 Å². The molecule has 106 valence electrons. The van der Waals surface area contributed by atoms with E-state index in [-0.39, 0.29) is 17.6 Å². The van der Waals surface area contributed by atoms with Crippen LogP contribution < -0.4 is 10.6 Å². The van der Waals surface area contributed by atoms with Crippen molar-refractivity contribution in [3.05, 3.63) is 46.5 Å². The molecule has 2 aromatic heterocycles. The van der Waals surface area contributed by atoms with Gasteiger partial charge in [-0.15, -0.1) is 11.3 Å². The quantitative estimate of drug-likeness (QED) is 0.768. The van der Waals surface area contributed by atoms with Gasteiger partial charge in [0.1, 0.15) is 0 Å². The summed E-state index contributed by atoms with van der Waals surface area (Å²) in [5.74, 6) is 0.0202. The summed E-state index contributed by atoms with van der Waals surface area (Å²) in [6.07, 6.45) is 2.44. The predicted octanol–water partition coefficient (Wildman–Crippen LogP) is 2.17. The first-order chi connectivity index (χ1) is 9.75. The number of furan rings is 1. The largest absolute Gasteiger partial charge is 0.459 e. The third kappa shape index (κ3) is 4.55. The smallest absolute Gasteiger partial charge is 0.286 e. The van der Waals surface area contributed by atoms with E-state index >= 15 is 0 Å². The van der Waals surface area contributed by atoms with Gasteiger partial charge in [-0.25, -0.2) is 0 Å². The number of amides is 2. The van der Waals surface area contributed by atoms with E-state index in [0.29, 0.717) is 25.9 Å². The minimum Gasteiger partial charge on any atom is -0.459 e. The third-order valence-electron chi connectivity index (χ3n) is 2.65. The van der Waals surface area contributed by atoms with Crippen LogP contribution in [0.15, 0.2) is 40.3 Å². The number of carbonyl (C=O) groups is 2. The number of rotatable bonds is 7. The Morgan fingerprint density at radius 1 is 1.20 bits per heavy atom. The Hall–Kier alpha value is -2.08. The second-order valence-electron chi connectivity index (χ2n) is 4.19. The maximum atomic E-state index is 11.6. The molecule has 2 rings (SSSR count). The van der Waals surface area contributed by atoms with E-state index < -0.39 is 0 Å². The Bertz CT molecular complexity index is 535. The molecular weight excluding hydrogens is 276 g/mol. The van der Waals surface area contributed by atoms with Gasteiger partial charge in [-0.2, -0.15) is 0 Å². The van der Waals surface area contributed by atoms with Crippen molar-refractivity contribution in [2.45, 2.75) is 19.4 Å². The Morgan fingerprint density at radius 2 is 2.10 bits per heavy atom. The summed E-state index contributed by atoms with van der Waals surface area (Å²) < 4.78 is 4.96. The van der Waals surface area contributed by atoms with Crippen molar-refractivity contribution in [1.82, 2.24) is 10.6 Å². The second-order valence-corrected chi connectivity index (χ2v) is 5.23. The van der Waals surface area contributed by atoms with Crippen LogP contribution in [0.4, 0.5) is 0 Å². The van der Waals surface area contributed by atoms with Gasteiger partial charge in [-0.05, 0) is 30.0 Å². The van der Waals surface area contributed by atoms with Crippen molar-refractivity contribution in [3.8, 4) is 0 Å². The molecule has 6 heteroatoms. The Morgan fingerprint density at radius 3 is 2.80 bits per heavy atom. The summed E-state index contributed by atoms with van der Waals surface area (Å²) >= 11 is 1.61. The van der Waals surface area contributed by atoms with E-state index in [4.69, 9.17) is 4.42 Å². The van der Waals surface area contributed by atoms with E-state index in [1.54, 1.807) is 23.5 Å². The highest BCUT2D eigenvalue weighted by Crippen LogP contribution is 2.07. The van der Waals surface area contributed by atoms with Crippen LogP contribution in [0, 0.1) is 0 Å². The zero-order valence-electron chi connectivity index (χ0n) is 10.9. The first-order valence-electron chi connectivity index (χ1n) is 6.36. The van der Waals surface area contributed by atoms with Gasteiger partial charge in [-0.1, -0.05) is 6.07 Å². The van der Waals surface area contributed by atoms with Crippen LogP contribution in [-0.2, 0) is 11.3 Å². The lowest BCUT2D eigenvalue weighted by atomic mass is 10.3. The molecule has 0 aliphatic rings. The molecule has 2 N–H and O–H groups in total. The van der Waals surface area contributed by atoms with Crippen molar-refractivity contribution < 1.29 is 14.0 Å². The van der Waals surface area contributed by atoms with Gasteiger partial charge >= 0.3 is 0 Å². The molecule has 2 amide bonds. The van der Waals surface area contributed by atoms with Gasteiger partial charge in [0.25, 0.3) is 5.91 Å². The minimum absolute atomic E-state index is 0.00866. The fraction of sp³-hybridized carbons (Fsp3) is 0.286. The molecular formula is C14H16N2O3S. The highest BCUT2D eigenvalue weighted by molar-refractivity contribution is 7.09. The molecule has 5 nitrogen and oxygen atoms in total. The van der Waals surface area contributed by atoms with Crippen molar-refractivity contribution in [1.29, 1.82) is 0 Å². The van der Waals surface area contributed by atoms with E-state index in [1.807, 2.05) is 17.5 Å². The summed E-state index contributed by atoms with van der Waals surface area (Å²) in [6.45, 7) is 1.02. The van der Waals surface area contributed by atoms with Crippen LogP contribution in [0.25, 0.3) is 0 Å². The van der Waals surface area contributed by atoms with Crippen LogP contribution in [-0.4, -0.2) is 18.4 Å². The fourth-order valence-electron chi connectivity index (χ4n) is 1.63. The molecule has 0 bridgehead atoms. The summed E-state index contributed by atoms with van der Waals surface area (Å²) in [4.78, 5) is 24.2. The van der Waals surface area contributed by atoms with Crippen LogP contribution in [0.1, 0.15) is 28.3 Å². The summed E-state index contributed by atoms with van der Waals surface area (Å²) in [5.41, 5.74) is 0. The first-order valence-corrected chi connectivity index (χ1v) is 7.24. The average Bonchev–Trinajstić information content (AvgIpc) is 3.13. The highest BCUT2D eigenvalue weighted by Gasteiger charge is 2.07. The topological polar surface area (TPSA) is 71.3 Å². The van der Waals surface area contributed by atoms with Crippen molar-refractivity contribution in [2.75, 3.05) is 6.54 Å². The zero-order valence-corrected chi connectivity index (χ0v) is 11.7. The Kier molecular flexibility index (Phi) is 5.37. The molecule has 0 radical (unpaired) electrons. The van der Waals surface area contributed by atoms with Crippen LogP contribution >= 0.6 is 11.3 Å². The van der Waals surface area contributed by atoms with E-state index in [2.05, 4.69) is 10.6 Å². The second kappa shape index (κ2) is 7.49. The third-order valence-corrected chi connectivity index (χ3v) is 3.53. The van der Waals surface area contributed by atoms with Crippen LogP contribution in [0.2, 0.25) is 0 Å². The molecule has 0 aliphatic carbocycles. The molecule has 0 spiro atoms. The normalized spacial score (nSPS) is 10.2. The van der Waals surface area contributed by atoms with Gasteiger partial charge in [0.15, 0.2) is 5.76 Å². The Balaban J connectivity index is 1.56. The molecule has 0 atom stereocenters. The fourth-order valence-corrected chi connectivity index (χ4v) is 2.28. The highest BCUT2D eigenvalue weighted by atomic mass is 32.1. The molecule has 0 aromatic carbocycles. The lowest BCUT2D eigenvalue weighted by molar-refractivity contribution is -0.121. The van der Waals surface area contributed by atoms with Gasteiger partial charge in [0.05, 0.1) is 12.8 Å². The zero-order chi connectivity index (χ0) is 14.2. The maximum absolute atomic E-state index is 11.6. The Labute approximate surface area is 121 Å². The average molecular weight is 292 g/mol. The van der Waals surface area contributed by atoms with Gasteiger partial charge in [0.2, 0.25) is 5.91 Å². The summed E-state index contributed by atoms with van der Waals surface area (Å²) in [7, 11) is 0. The maximum Gasteiger partial charge on any atom is 0.286 e. The SMILES string of the molecule is O=C(CCCNC(=O)c1ccco1)NCc1cccs1. The standard InChI is InChI=1S/C14H16N2O3S/c17-13(16-10-11-4-3-9-20-11)6-1-7-15-14(18)12-5-2-8-19-12/h2-5,8-9H,1,6-7,10H2,(H,15,18)(H,16,17). The molecule has 0 saturated carbocycles. The van der Waals surface area contributed by atoms with Crippen LogP contribution in [0.5, 0.6) is 0 Å². The molecule has 0 aliphatic heterocycles. The molecule has 0 saturated heterocycles. The van der Waals surface area contributed by atoms with Crippen molar-refractivity contribution in [2.24, 2.45) is 0 Å². The van der Waals surface area contributed by atoms with Gasteiger partial charge in [0, 0.05) is 17.8 Å². The van der Waals surface area contributed by atoms with Gasteiger partial charge < -0.3 is 15.1 Å². The summed E-state index contributed by atoms with van der Waals surface area (Å²) in [6, 6.07) is 7.20. The molecule has 0 fully saturated rings. The van der Waals surface area contributed by atoms with Crippen molar-refractivity contribution in [3.63, 3.8) is 0 Å². The minimum atomic E-state index is -0.256. The number of carbonyl (C=O) groups excluding carboxylic acids is 2. The lowest BCUT2D eigenvalue weighted by Gasteiger charge is -2.04. The first kappa shape index (κ1) is 14.3. The molecule has 2 heterocycles. The molecule has 20 heavy (non-hydrogen) atoms. The monoisotopic (exact) mass is 292 g/mol.